The van der Waals surface area contributed by atoms with E-state index in [0.29, 0.717) is 22.7 Å². The van der Waals surface area contributed by atoms with Crippen LogP contribution in [0.15, 0.2) is 47.1 Å². The van der Waals surface area contributed by atoms with Crippen LogP contribution in [0, 0.1) is 24.0 Å². The lowest BCUT2D eigenvalue weighted by Gasteiger charge is -2.20. The molecule has 2 amide bonds. The summed E-state index contributed by atoms with van der Waals surface area (Å²) >= 11 is 0. The van der Waals surface area contributed by atoms with Crippen molar-refractivity contribution < 1.29 is 18.9 Å². The van der Waals surface area contributed by atoms with Crippen LogP contribution in [0.25, 0.3) is 0 Å². The van der Waals surface area contributed by atoms with Gasteiger partial charge in [-0.3, -0.25) is 24.4 Å². The molecule has 0 spiro atoms. The molecule has 0 aliphatic carbocycles. The summed E-state index contributed by atoms with van der Waals surface area (Å²) in [5.41, 5.74) is 1.16. The molecular formula is C20H21N5O5. The van der Waals surface area contributed by atoms with Gasteiger partial charge in [0.2, 0.25) is 5.91 Å². The average molecular weight is 411 g/mol. The molecule has 0 aliphatic heterocycles. The third kappa shape index (κ3) is 4.22. The second kappa shape index (κ2) is 8.60. The van der Waals surface area contributed by atoms with E-state index < -0.39 is 4.92 Å². The van der Waals surface area contributed by atoms with Crippen molar-refractivity contribution in [1.82, 2.24) is 15.1 Å². The van der Waals surface area contributed by atoms with E-state index >= 15 is 0 Å². The number of carbonyl (C=O) groups excluding carboxylic acids is 2. The van der Waals surface area contributed by atoms with Crippen molar-refractivity contribution in [1.29, 1.82) is 0 Å². The van der Waals surface area contributed by atoms with Crippen LogP contribution in [-0.4, -0.2) is 33.6 Å². The van der Waals surface area contributed by atoms with Crippen molar-refractivity contribution in [2.75, 3.05) is 11.9 Å². The van der Waals surface area contributed by atoms with Gasteiger partial charge in [-0.15, -0.1) is 0 Å². The Labute approximate surface area is 172 Å². The molecule has 0 fully saturated rings. The van der Waals surface area contributed by atoms with Crippen molar-refractivity contribution in [2.24, 2.45) is 0 Å². The quantitative estimate of drug-likeness (QED) is 0.471. The Bertz CT molecular complexity index is 1090. The summed E-state index contributed by atoms with van der Waals surface area (Å²) in [6.45, 7) is 3.09. The molecule has 0 atom stereocenters. The molecule has 0 radical (unpaired) electrons. The molecule has 0 saturated heterocycles. The van der Waals surface area contributed by atoms with Crippen LogP contribution in [0.1, 0.15) is 27.5 Å². The maximum absolute atomic E-state index is 12.8. The predicted octanol–water partition coefficient (Wildman–Crippen LogP) is 2.59. The number of hydrogen-bond acceptors (Lipinski definition) is 6. The molecule has 10 nitrogen and oxygen atoms in total. The van der Waals surface area contributed by atoms with Gasteiger partial charge in [0.05, 0.1) is 29.0 Å². The zero-order valence-electron chi connectivity index (χ0n) is 16.8. The Morgan fingerprint density at radius 3 is 2.60 bits per heavy atom. The number of anilines is 1. The summed E-state index contributed by atoms with van der Waals surface area (Å²) in [7, 11) is 1.54. The summed E-state index contributed by atoms with van der Waals surface area (Å²) in [5, 5.41) is 18.0. The number of aromatic nitrogens is 2. The summed E-state index contributed by atoms with van der Waals surface area (Å²) in [6, 6.07) is 10.2. The highest BCUT2D eigenvalue weighted by Crippen LogP contribution is 2.23. The fraction of sp³-hybridized carbons (Fsp3) is 0.250. The van der Waals surface area contributed by atoms with Crippen molar-refractivity contribution in [3.63, 3.8) is 0 Å². The first-order valence-corrected chi connectivity index (χ1v) is 9.14. The van der Waals surface area contributed by atoms with Crippen LogP contribution in [0.5, 0.6) is 0 Å². The van der Waals surface area contributed by atoms with E-state index in [-0.39, 0.29) is 36.3 Å². The Kier molecular flexibility index (Phi) is 5.95. The molecule has 0 aliphatic rings. The van der Waals surface area contributed by atoms with Gasteiger partial charge in [0.15, 0.2) is 0 Å². The van der Waals surface area contributed by atoms with Crippen LogP contribution in [0.4, 0.5) is 11.4 Å². The minimum absolute atomic E-state index is 0.108. The molecule has 1 N–H and O–H groups in total. The summed E-state index contributed by atoms with van der Waals surface area (Å²) < 4.78 is 6.50. The largest absolute Gasteiger partial charge is 0.467 e. The topological polar surface area (TPSA) is 124 Å². The molecule has 10 heteroatoms. The van der Waals surface area contributed by atoms with E-state index in [9.17, 15) is 19.7 Å². The number of likely N-dealkylation sites (N-methyl/N-ethyl adjacent to an activating group) is 1. The zero-order valence-corrected chi connectivity index (χ0v) is 16.8. The molecule has 30 heavy (non-hydrogen) atoms. The number of amides is 2. The summed E-state index contributed by atoms with van der Waals surface area (Å²) in [4.78, 5) is 37.5. The van der Waals surface area contributed by atoms with Crippen LogP contribution >= 0.6 is 0 Å². The van der Waals surface area contributed by atoms with Crippen molar-refractivity contribution in [3.05, 3.63) is 75.5 Å². The molecule has 156 valence electrons. The van der Waals surface area contributed by atoms with E-state index in [2.05, 4.69) is 10.4 Å². The molecule has 0 unspecified atom stereocenters. The Balaban J connectivity index is 1.77. The van der Waals surface area contributed by atoms with Gasteiger partial charge in [-0.05, 0) is 38.1 Å². The first-order chi connectivity index (χ1) is 14.3. The summed E-state index contributed by atoms with van der Waals surface area (Å²) in [6.07, 6.45) is 1.52. The van der Waals surface area contributed by atoms with Crippen molar-refractivity contribution in [2.45, 2.75) is 26.9 Å². The number of aryl methyl sites for hydroxylation is 1. The average Bonchev–Trinajstić information content (AvgIpc) is 3.33. The number of furan rings is 1. The number of para-hydroxylation sites is 1. The zero-order chi connectivity index (χ0) is 21.8. The molecule has 0 saturated carbocycles. The fourth-order valence-corrected chi connectivity index (χ4v) is 3.11. The standard InChI is InChI=1S/C20H21N5O5/c1-13-19(25(28)29)14(2)24(22-13)12-18(26)23(3)17-9-5-4-8-16(17)20(27)21-11-15-7-6-10-30-15/h4-10H,11-12H2,1-3H3,(H,21,27). The highest BCUT2D eigenvalue weighted by molar-refractivity contribution is 6.04. The van der Waals surface area contributed by atoms with Crippen LogP contribution in [0.3, 0.4) is 0 Å². The maximum Gasteiger partial charge on any atom is 0.312 e. The van der Waals surface area contributed by atoms with Crippen LogP contribution < -0.4 is 10.2 Å². The number of nitro groups is 1. The van der Waals surface area contributed by atoms with E-state index in [1.807, 2.05) is 0 Å². The Morgan fingerprint density at radius 1 is 1.23 bits per heavy atom. The Morgan fingerprint density at radius 2 is 1.97 bits per heavy atom. The van der Waals surface area contributed by atoms with Gasteiger partial charge in [-0.25, -0.2) is 0 Å². The molecule has 3 rings (SSSR count). The first-order valence-electron chi connectivity index (χ1n) is 9.14. The van der Waals surface area contributed by atoms with E-state index in [0.717, 1.165) is 0 Å². The van der Waals surface area contributed by atoms with Crippen molar-refractivity contribution >= 4 is 23.2 Å². The molecule has 0 bridgehead atoms. The smallest absolute Gasteiger partial charge is 0.312 e. The molecule has 2 heterocycles. The molecular weight excluding hydrogens is 390 g/mol. The molecule has 1 aromatic carbocycles. The van der Waals surface area contributed by atoms with Gasteiger partial charge in [0.25, 0.3) is 5.91 Å². The highest BCUT2D eigenvalue weighted by atomic mass is 16.6. The van der Waals surface area contributed by atoms with Gasteiger partial charge in [-0.1, -0.05) is 12.1 Å². The van der Waals surface area contributed by atoms with Gasteiger partial charge in [0, 0.05) is 7.05 Å². The Hall–Kier alpha value is -3.95. The number of hydrogen-bond donors (Lipinski definition) is 1. The lowest BCUT2D eigenvalue weighted by molar-refractivity contribution is -0.386. The fourth-order valence-electron chi connectivity index (χ4n) is 3.11. The second-order valence-corrected chi connectivity index (χ2v) is 6.67. The van der Waals surface area contributed by atoms with E-state index in [1.54, 1.807) is 50.4 Å². The number of rotatable bonds is 7. The lowest BCUT2D eigenvalue weighted by Crippen LogP contribution is -2.33. The first kappa shape index (κ1) is 20.8. The van der Waals surface area contributed by atoms with Gasteiger partial charge in [0.1, 0.15) is 23.7 Å². The maximum atomic E-state index is 12.8. The van der Waals surface area contributed by atoms with Crippen LogP contribution in [0.2, 0.25) is 0 Å². The minimum Gasteiger partial charge on any atom is -0.467 e. The predicted molar refractivity (Wildman–Crippen MR) is 108 cm³/mol. The number of nitrogens with one attached hydrogen (secondary N) is 1. The van der Waals surface area contributed by atoms with Gasteiger partial charge in [-0.2, -0.15) is 5.10 Å². The van der Waals surface area contributed by atoms with Gasteiger partial charge < -0.3 is 14.6 Å². The van der Waals surface area contributed by atoms with Crippen LogP contribution in [-0.2, 0) is 17.9 Å². The SMILES string of the molecule is Cc1nn(CC(=O)N(C)c2ccccc2C(=O)NCc2ccco2)c(C)c1[N+](=O)[O-]. The van der Waals surface area contributed by atoms with Gasteiger partial charge >= 0.3 is 5.69 Å². The third-order valence-corrected chi connectivity index (χ3v) is 4.70. The van der Waals surface area contributed by atoms with Crippen molar-refractivity contribution in [3.8, 4) is 0 Å². The van der Waals surface area contributed by atoms with E-state index in [1.165, 1.54) is 22.8 Å². The monoisotopic (exact) mass is 411 g/mol. The molecule has 3 aromatic rings. The minimum atomic E-state index is -0.513. The number of nitrogens with zero attached hydrogens (tertiary/aromatic N) is 4. The second-order valence-electron chi connectivity index (χ2n) is 6.67. The number of benzene rings is 1. The molecule has 2 aromatic heterocycles. The lowest BCUT2D eigenvalue weighted by atomic mass is 10.1. The normalized spacial score (nSPS) is 10.6. The highest BCUT2D eigenvalue weighted by Gasteiger charge is 2.25. The third-order valence-electron chi connectivity index (χ3n) is 4.70. The number of carbonyl (C=O) groups is 2. The van der Waals surface area contributed by atoms with E-state index in [4.69, 9.17) is 4.42 Å². The summed E-state index contributed by atoms with van der Waals surface area (Å²) in [5.74, 6) is -0.124.